The summed E-state index contributed by atoms with van der Waals surface area (Å²) >= 11 is 0. The molecule has 5 rings (SSSR count). The first-order valence-electron chi connectivity index (χ1n) is 13.5. The summed E-state index contributed by atoms with van der Waals surface area (Å²) in [6, 6.07) is 6.55. The van der Waals surface area contributed by atoms with Gasteiger partial charge in [-0.05, 0) is 18.2 Å². The van der Waals surface area contributed by atoms with Gasteiger partial charge in [-0.15, -0.1) is 0 Å². The summed E-state index contributed by atoms with van der Waals surface area (Å²) in [4.78, 5) is 0. The Morgan fingerprint density at radius 3 is 2.07 bits per heavy atom. The van der Waals surface area contributed by atoms with Crippen molar-refractivity contribution in [3.05, 3.63) is 47.2 Å². The fraction of sp³-hybridized carbons (Fsp3) is 0.500. The minimum atomic E-state index is -1.88. The molecule has 0 bridgehead atoms. The van der Waals surface area contributed by atoms with Crippen LogP contribution in [-0.2, 0) is 18.9 Å². The fourth-order valence-electron chi connectivity index (χ4n) is 5.19. The molecule has 0 amide bonds. The number of aliphatic hydroxyl groups excluding tert-OH is 7. The van der Waals surface area contributed by atoms with Gasteiger partial charge in [0, 0.05) is 17.7 Å². The van der Waals surface area contributed by atoms with E-state index in [0.717, 1.165) is 6.07 Å². The van der Waals surface area contributed by atoms with Crippen molar-refractivity contribution < 1.29 is 79.5 Å². The van der Waals surface area contributed by atoms with Crippen LogP contribution < -0.4 is 9.47 Å². The molecule has 44 heavy (non-hydrogen) atoms. The van der Waals surface area contributed by atoms with Gasteiger partial charge in [0.05, 0.1) is 25.9 Å². The number of phenolic OH excluding ortho intramolecular Hbond substituents is 3. The van der Waals surface area contributed by atoms with Crippen molar-refractivity contribution in [1.82, 2.24) is 0 Å². The molecule has 0 saturated carbocycles. The number of benzene rings is 2. The van der Waals surface area contributed by atoms with Crippen LogP contribution >= 0.6 is 0 Å². The molecule has 0 aromatic heterocycles. The second kappa shape index (κ2) is 12.9. The molecule has 2 aromatic carbocycles. The van der Waals surface area contributed by atoms with Gasteiger partial charge in [-0.25, -0.2) is 0 Å². The van der Waals surface area contributed by atoms with E-state index in [4.69, 9.17) is 28.4 Å². The van der Waals surface area contributed by atoms with Gasteiger partial charge in [0.1, 0.15) is 65.7 Å². The van der Waals surface area contributed by atoms with E-state index in [-0.39, 0.29) is 40.1 Å². The Kier molecular flexibility index (Phi) is 9.38. The molecule has 11 atom stereocenters. The zero-order valence-electron chi connectivity index (χ0n) is 23.2. The van der Waals surface area contributed by atoms with Crippen molar-refractivity contribution in [2.24, 2.45) is 0 Å². The van der Waals surface area contributed by atoms with E-state index < -0.39 is 80.7 Å². The minimum Gasteiger partial charge on any atom is -0.508 e. The van der Waals surface area contributed by atoms with Gasteiger partial charge in [-0.1, -0.05) is 6.07 Å². The van der Waals surface area contributed by atoms with E-state index in [9.17, 15) is 51.1 Å². The first-order valence-corrected chi connectivity index (χ1v) is 13.5. The molecule has 3 aliphatic heterocycles. The molecule has 0 aliphatic carbocycles. The number of rotatable bonds is 8. The number of phenols is 3. The van der Waals surface area contributed by atoms with Gasteiger partial charge in [-0.2, -0.15) is 0 Å². The summed E-state index contributed by atoms with van der Waals surface area (Å²) < 4.78 is 34.2. The minimum absolute atomic E-state index is 0.0502. The maximum absolute atomic E-state index is 11.0. The molecule has 2 saturated heterocycles. The molecule has 2 aromatic rings. The van der Waals surface area contributed by atoms with Gasteiger partial charge in [-0.3, -0.25) is 0 Å². The summed E-state index contributed by atoms with van der Waals surface area (Å²) in [7, 11) is 1.33. The molecule has 16 nitrogen and oxygen atoms in total. The monoisotopic (exact) mass is 626 g/mol. The molecule has 16 heteroatoms. The number of methoxy groups -OCH3 is 1. The normalized spacial score (nSPS) is 35.3. The van der Waals surface area contributed by atoms with Crippen molar-refractivity contribution >= 4 is 6.08 Å². The van der Waals surface area contributed by atoms with Crippen molar-refractivity contribution in [3.63, 3.8) is 0 Å². The third-order valence-corrected chi connectivity index (χ3v) is 7.62. The van der Waals surface area contributed by atoms with Crippen molar-refractivity contribution in [2.45, 2.75) is 67.5 Å². The van der Waals surface area contributed by atoms with Crippen molar-refractivity contribution in [2.75, 3.05) is 20.3 Å². The predicted molar refractivity (Wildman–Crippen MR) is 143 cm³/mol. The maximum Gasteiger partial charge on any atom is 0.229 e. The molecule has 3 heterocycles. The molecule has 2 fully saturated rings. The number of aliphatic hydroxyl groups is 7. The van der Waals surface area contributed by atoms with Crippen LogP contribution in [-0.4, -0.2) is 133 Å². The Morgan fingerprint density at radius 1 is 0.750 bits per heavy atom. The number of aromatic hydroxyl groups is 3. The molecule has 6 unspecified atom stereocenters. The third-order valence-electron chi connectivity index (χ3n) is 7.62. The maximum atomic E-state index is 11.0. The standard InChI is InChI=1S/C28H34O16/c1-39-16-4-10(2-3-13(16)32)25-17(7-12-14(33)5-11(31)6-15(12)40-25)41-28-26(23(37)21(35)19(9-30)43-28)44-27-24(38)22(36)20(34)18(8-29)42-27/h2-7,18-38H,8-9H2,1H3/t18?,19?,20-,21-,22?,23?,24-,25?,26?,27+,28-/m1/s1. The predicted octanol–water partition coefficient (Wildman–Crippen LogP) is -2.07. The third kappa shape index (κ3) is 5.96. The lowest BCUT2D eigenvalue weighted by Crippen LogP contribution is -2.64. The zero-order chi connectivity index (χ0) is 31.9. The second-order valence-corrected chi connectivity index (χ2v) is 10.5. The number of fused-ring (bicyclic) bond motifs is 1. The van der Waals surface area contributed by atoms with Gasteiger partial charge in [0.25, 0.3) is 0 Å². The van der Waals surface area contributed by atoms with Gasteiger partial charge in [0.2, 0.25) is 6.29 Å². The average molecular weight is 627 g/mol. The quantitative estimate of drug-likeness (QED) is 0.151. The average Bonchev–Trinajstić information content (AvgIpc) is 3.00. The lowest BCUT2D eigenvalue weighted by Gasteiger charge is -2.46. The highest BCUT2D eigenvalue weighted by Gasteiger charge is 2.52. The van der Waals surface area contributed by atoms with Gasteiger partial charge < -0.3 is 79.5 Å². The highest BCUT2D eigenvalue weighted by Crippen LogP contribution is 2.45. The van der Waals surface area contributed by atoms with E-state index in [1.54, 1.807) is 0 Å². The summed E-state index contributed by atoms with van der Waals surface area (Å²) in [5.41, 5.74) is 0.433. The van der Waals surface area contributed by atoms with Crippen LogP contribution in [0.25, 0.3) is 6.08 Å². The number of hydrogen-bond donors (Lipinski definition) is 10. The molecule has 0 spiro atoms. The fourth-order valence-corrected chi connectivity index (χ4v) is 5.19. The highest BCUT2D eigenvalue weighted by molar-refractivity contribution is 5.69. The summed E-state index contributed by atoms with van der Waals surface area (Å²) in [5.74, 6) is -0.821. The van der Waals surface area contributed by atoms with Crippen LogP contribution in [0.4, 0.5) is 0 Å². The topological polar surface area (TPSA) is 258 Å². The largest absolute Gasteiger partial charge is 0.508 e. The van der Waals surface area contributed by atoms with E-state index in [1.807, 2.05) is 0 Å². The van der Waals surface area contributed by atoms with E-state index in [2.05, 4.69) is 0 Å². The van der Waals surface area contributed by atoms with E-state index in [1.165, 1.54) is 37.5 Å². The lowest BCUT2D eigenvalue weighted by molar-refractivity contribution is -0.364. The second-order valence-electron chi connectivity index (χ2n) is 10.5. The van der Waals surface area contributed by atoms with Crippen LogP contribution in [0.5, 0.6) is 28.7 Å². The van der Waals surface area contributed by atoms with E-state index >= 15 is 0 Å². The number of ether oxygens (including phenoxy) is 6. The number of hydrogen-bond acceptors (Lipinski definition) is 16. The summed E-state index contributed by atoms with van der Waals surface area (Å²) in [6.07, 6.45) is -16.7. The van der Waals surface area contributed by atoms with Crippen LogP contribution in [0.2, 0.25) is 0 Å². The Labute approximate surface area is 249 Å². The van der Waals surface area contributed by atoms with Crippen molar-refractivity contribution in [3.8, 4) is 28.7 Å². The summed E-state index contributed by atoms with van der Waals surface area (Å²) in [6.45, 7) is -1.52. The lowest BCUT2D eigenvalue weighted by atomic mass is 9.97. The van der Waals surface area contributed by atoms with Crippen LogP contribution in [0.1, 0.15) is 17.2 Å². The molecular weight excluding hydrogens is 592 g/mol. The Hall–Kier alpha value is -3.42. The smallest absolute Gasteiger partial charge is 0.229 e. The molecule has 3 aliphatic rings. The highest BCUT2D eigenvalue weighted by atomic mass is 16.8. The Balaban J connectivity index is 1.53. The summed E-state index contributed by atoms with van der Waals surface area (Å²) in [5, 5.41) is 102. The zero-order valence-corrected chi connectivity index (χ0v) is 23.2. The molecule has 0 radical (unpaired) electrons. The van der Waals surface area contributed by atoms with Gasteiger partial charge in [0.15, 0.2) is 30.0 Å². The first kappa shape index (κ1) is 32.0. The molecule has 10 N–H and O–H groups in total. The van der Waals surface area contributed by atoms with E-state index in [0.29, 0.717) is 5.56 Å². The van der Waals surface area contributed by atoms with Crippen LogP contribution in [0.3, 0.4) is 0 Å². The SMILES string of the molecule is COc1cc(C2Oc3cc(O)cc(O)c3C=C2O[C@@H]2OC(CO)[C@@H](O)C(O)C2O[C@@H]2OC(CO)[C@@H](O)C(O)[C@H]2O)ccc1O. The van der Waals surface area contributed by atoms with Crippen LogP contribution in [0, 0.1) is 0 Å². The Morgan fingerprint density at radius 2 is 1.41 bits per heavy atom. The molecular formula is C28H34O16. The molecule has 242 valence electrons. The van der Waals surface area contributed by atoms with Crippen LogP contribution in [0.15, 0.2) is 36.1 Å². The van der Waals surface area contributed by atoms with Crippen molar-refractivity contribution in [1.29, 1.82) is 0 Å². The Bertz CT molecular complexity index is 1350. The van der Waals surface area contributed by atoms with Gasteiger partial charge >= 0.3 is 0 Å². The first-order chi connectivity index (χ1) is 21.0.